The van der Waals surface area contributed by atoms with E-state index in [0.717, 1.165) is 0 Å². The summed E-state index contributed by atoms with van der Waals surface area (Å²) < 4.78 is 0. The van der Waals surface area contributed by atoms with Crippen LogP contribution in [0.4, 0.5) is 0 Å². The van der Waals surface area contributed by atoms with Gasteiger partial charge in [-0.15, -0.1) is 0 Å². The van der Waals surface area contributed by atoms with Crippen LogP contribution in [0.2, 0.25) is 10.0 Å². The van der Waals surface area contributed by atoms with E-state index in [0.29, 0.717) is 26.9 Å². The normalized spacial score (nSPS) is 10.1. The Kier molecular flexibility index (Phi) is 3.71. The van der Waals surface area contributed by atoms with Crippen LogP contribution >= 0.6 is 23.2 Å². The number of nitrogens with zero attached hydrogens (tertiary/aromatic N) is 1. The molecule has 0 saturated heterocycles. The fourth-order valence-electron chi connectivity index (χ4n) is 1.62. The maximum Gasteiger partial charge on any atom is 0.256 e. The summed E-state index contributed by atoms with van der Waals surface area (Å²) in [5.74, 6) is 0. The highest BCUT2D eigenvalue weighted by molar-refractivity contribution is 6.36. The minimum absolute atomic E-state index is 0.171. The molecule has 3 nitrogen and oxygen atoms in total. The molecule has 1 aromatic carbocycles. The number of nitrogens with one attached hydrogen (secondary N) is 1. The maximum absolute atomic E-state index is 11.9. The average Bonchev–Trinajstić information content (AvgIpc) is 2.31. The highest BCUT2D eigenvalue weighted by Crippen LogP contribution is 2.28. The van der Waals surface area contributed by atoms with Crippen molar-refractivity contribution in [2.75, 3.05) is 0 Å². The number of halogens is 2. The average molecular weight is 279 g/mol. The molecular formula is C13H8Cl2N2O. The van der Waals surface area contributed by atoms with Crippen LogP contribution in [0.1, 0.15) is 5.69 Å². The molecule has 0 bridgehead atoms. The fraction of sp³-hybridized carbons (Fsp3) is 0.0769. The van der Waals surface area contributed by atoms with Crippen molar-refractivity contribution in [3.05, 3.63) is 56.4 Å². The highest BCUT2D eigenvalue weighted by Gasteiger charge is 2.08. The molecule has 1 aromatic heterocycles. The molecule has 2 aromatic rings. The molecule has 0 aliphatic rings. The van der Waals surface area contributed by atoms with E-state index in [9.17, 15) is 4.79 Å². The molecule has 0 saturated carbocycles. The summed E-state index contributed by atoms with van der Waals surface area (Å²) in [5.41, 5.74) is 1.38. The van der Waals surface area contributed by atoms with Crippen molar-refractivity contribution in [2.45, 2.75) is 6.42 Å². The van der Waals surface area contributed by atoms with Crippen molar-refractivity contribution in [2.24, 2.45) is 0 Å². The lowest BCUT2D eigenvalue weighted by Gasteiger charge is -2.05. The van der Waals surface area contributed by atoms with Crippen molar-refractivity contribution >= 4 is 23.2 Å². The monoisotopic (exact) mass is 278 g/mol. The zero-order chi connectivity index (χ0) is 13.1. The van der Waals surface area contributed by atoms with Gasteiger partial charge in [-0.05, 0) is 24.3 Å². The van der Waals surface area contributed by atoms with Gasteiger partial charge in [0, 0.05) is 21.8 Å². The van der Waals surface area contributed by atoms with E-state index in [-0.39, 0.29) is 12.0 Å². The number of aromatic amines is 1. The molecule has 18 heavy (non-hydrogen) atoms. The summed E-state index contributed by atoms with van der Waals surface area (Å²) in [5, 5.41) is 9.50. The second-order valence-corrected chi connectivity index (χ2v) is 4.53. The Labute approximate surface area is 114 Å². The van der Waals surface area contributed by atoms with Crippen molar-refractivity contribution in [3.63, 3.8) is 0 Å². The van der Waals surface area contributed by atoms with Gasteiger partial charge in [-0.25, -0.2) is 0 Å². The Balaban J connectivity index is 2.52. The van der Waals surface area contributed by atoms with Crippen LogP contribution in [0.5, 0.6) is 0 Å². The third-order valence-corrected chi connectivity index (χ3v) is 3.01. The van der Waals surface area contributed by atoms with Gasteiger partial charge in [0.05, 0.1) is 17.5 Å². The smallest absolute Gasteiger partial charge is 0.256 e. The molecule has 0 unspecified atom stereocenters. The number of rotatable bonds is 2. The van der Waals surface area contributed by atoms with Gasteiger partial charge in [0.15, 0.2) is 0 Å². The number of hydrogen-bond acceptors (Lipinski definition) is 2. The Morgan fingerprint density at radius 3 is 2.50 bits per heavy atom. The first kappa shape index (κ1) is 12.7. The third-order valence-electron chi connectivity index (χ3n) is 2.46. The number of hydrogen-bond donors (Lipinski definition) is 1. The van der Waals surface area contributed by atoms with Gasteiger partial charge >= 0.3 is 0 Å². The van der Waals surface area contributed by atoms with E-state index in [1.54, 1.807) is 30.3 Å². The third kappa shape index (κ3) is 2.56. The molecule has 1 heterocycles. The Morgan fingerprint density at radius 2 is 1.89 bits per heavy atom. The standard InChI is InChI=1S/C13H8Cl2N2O/c14-8-1-3-10(12(15)7-8)11-4-2-9(5-6-16)17-13(11)18/h1-4,7H,5H2,(H,17,18). The minimum atomic E-state index is -0.271. The first-order valence-corrected chi connectivity index (χ1v) is 5.92. The van der Waals surface area contributed by atoms with Crippen molar-refractivity contribution in [1.29, 1.82) is 5.26 Å². The largest absolute Gasteiger partial charge is 0.325 e. The molecule has 0 radical (unpaired) electrons. The van der Waals surface area contributed by atoms with Gasteiger partial charge < -0.3 is 4.98 Å². The molecule has 0 aliphatic heterocycles. The van der Waals surface area contributed by atoms with Crippen LogP contribution < -0.4 is 5.56 Å². The molecule has 0 fully saturated rings. The summed E-state index contributed by atoms with van der Waals surface area (Å²) in [6.45, 7) is 0. The van der Waals surface area contributed by atoms with Crippen LogP contribution in [0.3, 0.4) is 0 Å². The first-order chi connectivity index (χ1) is 8.61. The van der Waals surface area contributed by atoms with E-state index >= 15 is 0 Å². The first-order valence-electron chi connectivity index (χ1n) is 5.16. The quantitative estimate of drug-likeness (QED) is 0.915. The molecule has 90 valence electrons. The van der Waals surface area contributed by atoms with Gasteiger partial charge in [0.2, 0.25) is 0 Å². The SMILES string of the molecule is N#CCc1ccc(-c2ccc(Cl)cc2Cl)c(=O)[nH]1. The fourth-order valence-corrected chi connectivity index (χ4v) is 2.13. The van der Waals surface area contributed by atoms with E-state index < -0.39 is 0 Å². The van der Waals surface area contributed by atoms with E-state index in [2.05, 4.69) is 4.98 Å². The molecule has 0 amide bonds. The molecule has 0 spiro atoms. The zero-order valence-electron chi connectivity index (χ0n) is 9.21. The number of nitriles is 1. The Hall–Kier alpha value is -1.76. The van der Waals surface area contributed by atoms with Crippen LogP contribution in [0, 0.1) is 11.3 Å². The molecule has 0 aliphatic carbocycles. The molecule has 5 heteroatoms. The second-order valence-electron chi connectivity index (χ2n) is 3.69. The lowest BCUT2D eigenvalue weighted by atomic mass is 10.1. The maximum atomic E-state index is 11.9. The number of benzene rings is 1. The number of pyridine rings is 1. The Bertz CT molecular complexity index is 686. The van der Waals surface area contributed by atoms with Crippen LogP contribution in [0.25, 0.3) is 11.1 Å². The predicted octanol–water partition coefficient (Wildman–Crippen LogP) is 3.41. The van der Waals surface area contributed by atoms with Gasteiger partial charge in [-0.2, -0.15) is 5.26 Å². The van der Waals surface area contributed by atoms with Crippen molar-refractivity contribution in [3.8, 4) is 17.2 Å². The molecular weight excluding hydrogens is 271 g/mol. The van der Waals surface area contributed by atoms with Crippen molar-refractivity contribution < 1.29 is 0 Å². The molecule has 1 N–H and O–H groups in total. The minimum Gasteiger partial charge on any atom is -0.325 e. The topological polar surface area (TPSA) is 56.6 Å². The van der Waals surface area contributed by atoms with E-state index in [1.165, 1.54) is 0 Å². The Morgan fingerprint density at radius 1 is 1.17 bits per heavy atom. The lowest BCUT2D eigenvalue weighted by Crippen LogP contribution is -2.11. The molecule has 2 rings (SSSR count). The molecule has 0 atom stereocenters. The van der Waals surface area contributed by atoms with Crippen molar-refractivity contribution in [1.82, 2.24) is 4.98 Å². The number of aromatic nitrogens is 1. The number of H-pyrrole nitrogens is 1. The van der Waals surface area contributed by atoms with Gasteiger partial charge in [0.1, 0.15) is 0 Å². The van der Waals surface area contributed by atoms with Gasteiger partial charge in [0.25, 0.3) is 5.56 Å². The van der Waals surface area contributed by atoms with Crippen LogP contribution in [0.15, 0.2) is 35.1 Å². The van der Waals surface area contributed by atoms with Crippen LogP contribution in [-0.4, -0.2) is 4.98 Å². The van der Waals surface area contributed by atoms with E-state index in [4.69, 9.17) is 28.5 Å². The van der Waals surface area contributed by atoms with Crippen LogP contribution in [-0.2, 0) is 6.42 Å². The summed E-state index contributed by atoms with van der Waals surface area (Å²) in [6, 6.07) is 10.3. The summed E-state index contributed by atoms with van der Waals surface area (Å²) >= 11 is 11.9. The summed E-state index contributed by atoms with van der Waals surface area (Å²) in [7, 11) is 0. The second kappa shape index (κ2) is 5.26. The zero-order valence-corrected chi connectivity index (χ0v) is 10.7. The summed E-state index contributed by atoms with van der Waals surface area (Å²) in [4.78, 5) is 14.5. The van der Waals surface area contributed by atoms with Gasteiger partial charge in [-0.1, -0.05) is 29.3 Å². The predicted molar refractivity (Wildman–Crippen MR) is 71.8 cm³/mol. The summed E-state index contributed by atoms with van der Waals surface area (Å²) in [6.07, 6.45) is 0.171. The van der Waals surface area contributed by atoms with Gasteiger partial charge in [-0.3, -0.25) is 4.79 Å². The van der Waals surface area contributed by atoms with E-state index in [1.807, 2.05) is 6.07 Å². The highest BCUT2D eigenvalue weighted by atomic mass is 35.5. The lowest BCUT2D eigenvalue weighted by molar-refractivity contribution is 1.08.